The maximum Gasteiger partial charge on any atom is 0.328 e. The van der Waals surface area contributed by atoms with E-state index in [2.05, 4.69) is 5.10 Å². The Morgan fingerprint density at radius 3 is 2.88 bits per heavy atom. The van der Waals surface area contributed by atoms with E-state index in [4.69, 9.17) is 16.7 Å². The number of carboxylic acids is 1. The Labute approximate surface area is 103 Å². The Kier molecular flexibility index (Phi) is 3.25. The summed E-state index contributed by atoms with van der Waals surface area (Å²) in [6, 6.07) is 7.05. The second-order valence-electron chi connectivity index (χ2n) is 3.30. The van der Waals surface area contributed by atoms with E-state index in [1.165, 1.54) is 6.08 Å². The van der Waals surface area contributed by atoms with Crippen LogP contribution >= 0.6 is 11.6 Å². The molecule has 0 unspecified atom stereocenters. The fraction of sp³-hybridized carbons (Fsp3) is 0. The highest BCUT2D eigenvalue weighted by Gasteiger charge is 2.07. The quantitative estimate of drug-likeness (QED) is 0.850. The monoisotopic (exact) mass is 248 g/mol. The van der Waals surface area contributed by atoms with Gasteiger partial charge in [0.25, 0.3) is 0 Å². The average Bonchev–Trinajstić information content (AvgIpc) is 2.79. The molecule has 0 aliphatic heterocycles. The van der Waals surface area contributed by atoms with Crippen LogP contribution in [0, 0.1) is 0 Å². The van der Waals surface area contributed by atoms with Crippen LogP contribution in [0.1, 0.15) is 5.56 Å². The number of halogens is 1. The first-order valence-corrected chi connectivity index (χ1v) is 5.26. The minimum absolute atomic E-state index is 0.515. The molecule has 1 aromatic heterocycles. The third kappa shape index (κ3) is 2.54. The Hall–Kier alpha value is -2.07. The molecular weight excluding hydrogens is 240 g/mol. The first kappa shape index (κ1) is 11.4. The van der Waals surface area contributed by atoms with Crippen LogP contribution in [0.25, 0.3) is 11.8 Å². The maximum atomic E-state index is 10.5. The van der Waals surface area contributed by atoms with Gasteiger partial charge in [-0.15, -0.1) is 0 Å². The smallest absolute Gasteiger partial charge is 0.328 e. The van der Waals surface area contributed by atoms with Gasteiger partial charge in [0.2, 0.25) is 0 Å². The third-order valence-corrected chi connectivity index (χ3v) is 2.46. The number of carboxylic acid groups (broad SMARTS) is 1. The van der Waals surface area contributed by atoms with Gasteiger partial charge >= 0.3 is 5.97 Å². The molecule has 1 heterocycles. The number of rotatable bonds is 3. The van der Waals surface area contributed by atoms with Gasteiger partial charge in [-0.1, -0.05) is 23.7 Å². The summed E-state index contributed by atoms with van der Waals surface area (Å²) in [6.07, 6.45) is 5.94. The highest BCUT2D eigenvalue weighted by Crippen LogP contribution is 2.24. The molecular formula is C12H9ClN2O2. The molecule has 0 radical (unpaired) electrons. The van der Waals surface area contributed by atoms with Crippen molar-refractivity contribution < 1.29 is 9.90 Å². The molecule has 1 N–H and O–H groups in total. The summed E-state index contributed by atoms with van der Waals surface area (Å²) in [4.78, 5) is 10.5. The second kappa shape index (κ2) is 4.84. The van der Waals surface area contributed by atoms with Crippen molar-refractivity contribution in [2.45, 2.75) is 0 Å². The lowest BCUT2D eigenvalue weighted by Crippen LogP contribution is -1.98. The summed E-state index contributed by atoms with van der Waals surface area (Å²) >= 11 is 6.09. The van der Waals surface area contributed by atoms with Gasteiger partial charge in [-0.2, -0.15) is 5.10 Å². The number of benzene rings is 1. The van der Waals surface area contributed by atoms with Crippen LogP contribution in [-0.4, -0.2) is 20.9 Å². The molecule has 1 aromatic carbocycles. The lowest BCUT2D eigenvalue weighted by Gasteiger charge is -2.08. The second-order valence-corrected chi connectivity index (χ2v) is 3.71. The van der Waals surface area contributed by atoms with Gasteiger partial charge in [0.05, 0.1) is 10.7 Å². The first-order chi connectivity index (χ1) is 8.18. The molecule has 0 saturated carbocycles. The van der Waals surface area contributed by atoms with Crippen LogP contribution in [0.2, 0.25) is 5.02 Å². The zero-order valence-electron chi connectivity index (χ0n) is 8.75. The van der Waals surface area contributed by atoms with E-state index in [-0.39, 0.29) is 0 Å². The molecule has 0 fully saturated rings. The highest BCUT2D eigenvalue weighted by atomic mass is 35.5. The zero-order chi connectivity index (χ0) is 12.3. The molecule has 86 valence electrons. The van der Waals surface area contributed by atoms with Crippen molar-refractivity contribution in [3.8, 4) is 5.69 Å². The topological polar surface area (TPSA) is 55.1 Å². The van der Waals surface area contributed by atoms with Gasteiger partial charge in [-0.25, -0.2) is 9.48 Å². The molecule has 0 atom stereocenters. The van der Waals surface area contributed by atoms with Crippen molar-refractivity contribution in [1.29, 1.82) is 0 Å². The standard InChI is InChI=1S/C12H9ClN2O2/c13-10-4-1-3-9(5-6-11(16)17)12(10)15-8-2-7-14-15/h1-8H,(H,16,17)/b6-5+. The minimum atomic E-state index is -1.00. The summed E-state index contributed by atoms with van der Waals surface area (Å²) in [5, 5.41) is 13.2. The van der Waals surface area contributed by atoms with E-state index in [1.54, 1.807) is 41.3 Å². The van der Waals surface area contributed by atoms with Gasteiger partial charge in [0.15, 0.2) is 0 Å². The number of hydrogen-bond donors (Lipinski definition) is 1. The molecule has 2 rings (SSSR count). The zero-order valence-corrected chi connectivity index (χ0v) is 9.50. The maximum absolute atomic E-state index is 10.5. The fourth-order valence-electron chi connectivity index (χ4n) is 1.47. The Morgan fingerprint density at radius 1 is 1.41 bits per heavy atom. The number of hydrogen-bond acceptors (Lipinski definition) is 2. The highest BCUT2D eigenvalue weighted by molar-refractivity contribution is 6.32. The third-order valence-electron chi connectivity index (χ3n) is 2.16. The van der Waals surface area contributed by atoms with Crippen LogP contribution < -0.4 is 0 Å². The van der Waals surface area contributed by atoms with E-state index < -0.39 is 5.97 Å². The van der Waals surface area contributed by atoms with Crippen LogP contribution in [0.15, 0.2) is 42.7 Å². The Balaban J connectivity index is 2.53. The average molecular weight is 249 g/mol. The lowest BCUT2D eigenvalue weighted by molar-refractivity contribution is -0.131. The van der Waals surface area contributed by atoms with Gasteiger partial charge in [0.1, 0.15) is 0 Å². The summed E-state index contributed by atoms with van der Waals surface area (Å²) in [7, 11) is 0. The molecule has 0 bridgehead atoms. The minimum Gasteiger partial charge on any atom is -0.478 e. The molecule has 4 nitrogen and oxygen atoms in total. The molecule has 2 aromatic rings. The molecule has 0 amide bonds. The van der Waals surface area contributed by atoms with Crippen molar-refractivity contribution in [2.24, 2.45) is 0 Å². The summed E-state index contributed by atoms with van der Waals surface area (Å²) in [6.45, 7) is 0. The van der Waals surface area contributed by atoms with Crippen molar-refractivity contribution in [3.05, 3.63) is 53.3 Å². The number of carbonyl (C=O) groups is 1. The van der Waals surface area contributed by atoms with Crippen molar-refractivity contribution in [1.82, 2.24) is 9.78 Å². The van der Waals surface area contributed by atoms with E-state index in [0.29, 0.717) is 16.3 Å². The van der Waals surface area contributed by atoms with Gasteiger partial charge in [0, 0.05) is 24.0 Å². The van der Waals surface area contributed by atoms with Crippen LogP contribution in [0.5, 0.6) is 0 Å². The van der Waals surface area contributed by atoms with Crippen molar-refractivity contribution in [3.63, 3.8) is 0 Å². The SMILES string of the molecule is O=C(O)/C=C/c1cccc(Cl)c1-n1cccn1. The number of nitrogens with zero attached hydrogens (tertiary/aromatic N) is 2. The van der Waals surface area contributed by atoms with E-state index >= 15 is 0 Å². The predicted molar refractivity (Wildman–Crippen MR) is 65.2 cm³/mol. The number of aliphatic carboxylic acids is 1. The van der Waals surface area contributed by atoms with Crippen molar-refractivity contribution >= 4 is 23.6 Å². The number of para-hydroxylation sites is 1. The summed E-state index contributed by atoms with van der Waals surface area (Å²) in [5.41, 5.74) is 1.36. The van der Waals surface area contributed by atoms with E-state index in [0.717, 1.165) is 6.08 Å². The van der Waals surface area contributed by atoms with Crippen LogP contribution in [-0.2, 0) is 4.79 Å². The molecule has 0 saturated heterocycles. The van der Waals surface area contributed by atoms with Gasteiger partial charge in [-0.05, 0) is 18.2 Å². The summed E-state index contributed by atoms with van der Waals surface area (Å²) < 4.78 is 1.60. The van der Waals surface area contributed by atoms with Crippen molar-refractivity contribution in [2.75, 3.05) is 0 Å². The van der Waals surface area contributed by atoms with E-state index in [1.807, 2.05) is 0 Å². The summed E-state index contributed by atoms with van der Waals surface area (Å²) in [5.74, 6) is -1.00. The Morgan fingerprint density at radius 2 is 2.24 bits per heavy atom. The fourth-order valence-corrected chi connectivity index (χ4v) is 1.74. The largest absolute Gasteiger partial charge is 0.478 e. The normalized spacial score (nSPS) is 10.9. The van der Waals surface area contributed by atoms with Gasteiger partial charge < -0.3 is 5.11 Å². The van der Waals surface area contributed by atoms with Gasteiger partial charge in [-0.3, -0.25) is 0 Å². The lowest BCUT2D eigenvalue weighted by atomic mass is 10.1. The molecule has 0 aliphatic rings. The molecule has 0 aliphatic carbocycles. The molecule has 5 heteroatoms. The van der Waals surface area contributed by atoms with Crippen LogP contribution in [0.3, 0.4) is 0 Å². The predicted octanol–water partition coefficient (Wildman–Crippen LogP) is 2.62. The Bertz CT molecular complexity index is 562. The molecule has 17 heavy (non-hydrogen) atoms. The van der Waals surface area contributed by atoms with Crippen LogP contribution in [0.4, 0.5) is 0 Å². The first-order valence-electron chi connectivity index (χ1n) is 4.88. The van der Waals surface area contributed by atoms with E-state index in [9.17, 15) is 4.79 Å². The molecule has 0 spiro atoms. The number of aromatic nitrogens is 2.